The number of benzene rings is 2. The number of rotatable bonds is 12. The minimum atomic E-state index is 0. The molecule has 3 heteroatoms. The van der Waals surface area contributed by atoms with E-state index in [1.807, 2.05) is 0 Å². The maximum Gasteiger partial charge on any atom is 2.00 e. The van der Waals surface area contributed by atoms with E-state index in [1.165, 1.54) is 65.5 Å². The second kappa shape index (κ2) is 16.6. The second-order valence-electron chi connectivity index (χ2n) is 8.95. The van der Waals surface area contributed by atoms with Crippen LogP contribution in [0.15, 0.2) is 59.7 Å². The van der Waals surface area contributed by atoms with Crippen molar-refractivity contribution < 1.29 is 21.2 Å². The van der Waals surface area contributed by atoms with E-state index in [0.717, 1.165) is 48.2 Å². The Hall–Kier alpha value is -1.99. The van der Waals surface area contributed by atoms with Crippen molar-refractivity contribution in [3.8, 4) is 0 Å². The number of aryl methyl sites for hydroxylation is 2. The van der Waals surface area contributed by atoms with Crippen molar-refractivity contribution in [3.05, 3.63) is 102 Å². The van der Waals surface area contributed by atoms with Gasteiger partial charge in [-0.1, -0.05) is 84.1 Å². The van der Waals surface area contributed by atoms with Crippen LogP contribution in [0, 0.1) is 14.9 Å². The van der Waals surface area contributed by atoms with Crippen LogP contribution < -0.4 is 0 Å². The topological polar surface area (TPSA) is 25.3 Å². The van der Waals surface area contributed by atoms with Crippen molar-refractivity contribution in [2.24, 2.45) is 0 Å². The number of hydrogen-bond acceptors (Lipinski definition) is 0. The average molecular weight is 517 g/mol. The second-order valence-corrected chi connectivity index (χ2v) is 8.95. The molecule has 1 aliphatic heterocycles. The number of allylic oxidation sites excluding steroid dienone is 2. The zero-order valence-corrected chi connectivity index (χ0v) is 23.9. The van der Waals surface area contributed by atoms with Crippen LogP contribution in [0.3, 0.4) is 0 Å². The first kappa shape index (κ1) is 33.0. The summed E-state index contributed by atoms with van der Waals surface area (Å²) in [5.41, 5.74) is 21.0. The standard InChI is InChI=1S/C30H40N2.2CH3.Ni/c1-5-9-10-11-12-13-20-28-27(8-4)29(25-18-14-16-23(6-2)21-25)32(31)30(28)26-19-15-17-24(7-3)22-26;;;/h14-19,21-22H,5-13,20H2,1-4H3;2*1H3;/q;2*-1;+2. The molecule has 0 aliphatic carbocycles. The van der Waals surface area contributed by atoms with Gasteiger partial charge in [-0.25, -0.2) is 4.70 Å². The van der Waals surface area contributed by atoms with E-state index in [1.54, 1.807) is 0 Å². The molecule has 0 amide bonds. The van der Waals surface area contributed by atoms with Crippen molar-refractivity contribution in [1.29, 1.82) is 0 Å². The van der Waals surface area contributed by atoms with Crippen LogP contribution in [0.5, 0.6) is 0 Å². The summed E-state index contributed by atoms with van der Waals surface area (Å²) < 4.78 is 1.49. The largest absolute Gasteiger partial charge is 2.00 e. The number of hydrogen-bond donors (Lipinski definition) is 0. The zero-order valence-electron chi connectivity index (χ0n) is 22.9. The molecule has 194 valence electrons. The molecule has 0 bridgehead atoms. The van der Waals surface area contributed by atoms with Crippen LogP contribution in [0.25, 0.3) is 16.9 Å². The Labute approximate surface area is 226 Å². The van der Waals surface area contributed by atoms with Crippen LogP contribution in [0.4, 0.5) is 0 Å². The third kappa shape index (κ3) is 8.01. The van der Waals surface area contributed by atoms with Crippen LogP contribution in [-0.2, 0) is 29.3 Å². The smallest absolute Gasteiger partial charge is 0.493 e. The van der Waals surface area contributed by atoms with E-state index < -0.39 is 0 Å². The minimum Gasteiger partial charge on any atom is -0.493 e. The quantitative estimate of drug-likeness (QED) is 0.116. The Kier molecular flexibility index (Phi) is 15.7. The SMILES string of the molecule is CCCCCCCCC1=C(c2cccc(CC)c2)[N+](=[N-])C(c2cccc(CC)c2)=C1CC.[CH3-].[CH3-].[Ni+2]. The molecule has 0 saturated heterocycles. The molecule has 2 aromatic rings. The van der Waals surface area contributed by atoms with E-state index in [2.05, 4.69) is 76.2 Å². The Bertz CT molecular complexity index is 1000. The van der Waals surface area contributed by atoms with E-state index in [4.69, 9.17) is 0 Å². The van der Waals surface area contributed by atoms with E-state index in [9.17, 15) is 5.53 Å². The summed E-state index contributed by atoms with van der Waals surface area (Å²) in [6, 6.07) is 17.4. The summed E-state index contributed by atoms with van der Waals surface area (Å²) in [5, 5.41) is 0. The molecule has 0 fully saturated rings. The zero-order chi connectivity index (χ0) is 22.9. The van der Waals surface area contributed by atoms with Gasteiger partial charge in [0.1, 0.15) is 0 Å². The summed E-state index contributed by atoms with van der Waals surface area (Å²) >= 11 is 0. The van der Waals surface area contributed by atoms with Gasteiger partial charge < -0.3 is 20.4 Å². The van der Waals surface area contributed by atoms with Gasteiger partial charge >= 0.3 is 16.5 Å². The molecule has 0 aromatic heterocycles. The summed E-state index contributed by atoms with van der Waals surface area (Å²) in [7, 11) is 0. The Morgan fingerprint density at radius 2 is 1.11 bits per heavy atom. The fourth-order valence-electron chi connectivity index (χ4n) is 4.86. The minimum absolute atomic E-state index is 0. The van der Waals surface area contributed by atoms with Crippen molar-refractivity contribution >= 4 is 11.4 Å². The fraction of sp³-hybridized carbons (Fsp3) is 0.438. The number of unbranched alkanes of at least 4 members (excludes halogenated alkanes) is 5. The molecule has 0 spiro atoms. The molecular weight excluding hydrogens is 471 g/mol. The molecule has 2 nitrogen and oxygen atoms in total. The van der Waals surface area contributed by atoms with E-state index >= 15 is 0 Å². The predicted molar refractivity (Wildman–Crippen MR) is 150 cm³/mol. The normalized spacial score (nSPS) is 12.9. The molecule has 3 rings (SSSR count). The maximum atomic E-state index is 11.5. The van der Waals surface area contributed by atoms with E-state index in [-0.39, 0.29) is 31.3 Å². The van der Waals surface area contributed by atoms with Crippen LogP contribution >= 0.6 is 0 Å². The van der Waals surface area contributed by atoms with Gasteiger partial charge in [0.05, 0.1) is 0 Å². The summed E-state index contributed by atoms with van der Waals surface area (Å²) in [6.45, 7) is 8.86. The monoisotopic (exact) mass is 516 g/mol. The molecule has 0 N–H and O–H groups in total. The van der Waals surface area contributed by atoms with Crippen molar-refractivity contribution in [2.45, 2.75) is 91.9 Å². The van der Waals surface area contributed by atoms with Gasteiger partial charge in [0.15, 0.2) is 0 Å². The Balaban J connectivity index is 0.00000385. The molecule has 35 heavy (non-hydrogen) atoms. The summed E-state index contributed by atoms with van der Waals surface area (Å²) in [4.78, 5) is 0. The molecule has 0 saturated carbocycles. The van der Waals surface area contributed by atoms with Crippen LogP contribution in [0.1, 0.15) is 101 Å². The average Bonchev–Trinajstić information content (AvgIpc) is 3.12. The van der Waals surface area contributed by atoms with Gasteiger partial charge in [0.2, 0.25) is 11.4 Å². The van der Waals surface area contributed by atoms with Gasteiger partial charge in [-0.3, -0.25) is 0 Å². The third-order valence-electron chi connectivity index (χ3n) is 6.71. The van der Waals surface area contributed by atoms with Crippen molar-refractivity contribution in [3.63, 3.8) is 0 Å². The number of nitrogens with zero attached hydrogens (tertiary/aromatic N) is 2. The summed E-state index contributed by atoms with van der Waals surface area (Å²) in [5.74, 6) is 0. The van der Waals surface area contributed by atoms with E-state index in [0.29, 0.717) is 0 Å². The molecule has 0 unspecified atom stereocenters. The van der Waals surface area contributed by atoms with Crippen molar-refractivity contribution in [1.82, 2.24) is 0 Å². The molecule has 1 aliphatic rings. The Morgan fingerprint density at radius 1 is 0.629 bits per heavy atom. The van der Waals surface area contributed by atoms with Gasteiger partial charge in [-0.15, -0.1) is 0 Å². The third-order valence-corrected chi connectivity index (χ3v) is 6.71. The summed E-state index contributed by atoms with van der Waals surface area (Å²) in [6.07, 6.45) is 11.6. The first-order chi connectivity index (χ1) is 15.6. The first-order valence-corrected chi connectivity index (χ1v) is 12.8. The van der Waals surface area contributed by atoms with Crippen LogP contribution in [-0.4, -0.2) is 4.70 Å². The molecule has 0 radical (unpaired) electrons. The predicted octanol–water partition coefficient (Wildman–Crippen LogP) is 10.0. The maximum absolute atomic E-state index is 11.5. The molecule has 1 heterocycles. The van der Waals surface area contributed by atoms with Gasteiger partial charge in [0.25, 0.3) is 0 Å². The van der Waals surface area contributed by atoms with Crippen LogP contribution in [0.2, 0.25) is 0 Å². The van der Waals surface area contributed by atoms with Gasteiger partial charge in [-0.2, -0.15) is 0 Å². The molecule has 0 atom stereocenters. The molecular formula is C32H46N2Ni. The van der Waals surface area contributed by atoms with Gasteiger partial charge in [0, 0.05) is 22.3 Å². The Morgan fingerprint density at radius 3 is 1.60 bits per heavy atom. The fourth-order valence-corrected chi connectivity index (χ4v) is 4.86. The molecule has 2 aromatic carbocycles. The van der Waals surface area contributed by atoms with Gasteiger partial charge in [-0.05, 0) is 67.5 Å². The first-order valence-electron chi connectivity index (χ1n) is 12.8. The van der Waals surface area contributed by atoms with Crippen molar-refractivity contribution in [2.75, 3.05) is 0 Å².